The lowest BCUT2D eigenvalue weighted by atomic mass is 10.0. The first-order valence-corrected chi connectivity index (χ1v) is 15.7. The first-order chi connectivity index (χ1) is 19.5. The number of carbonyl (C=O) groups excluding carboxylic acids is 2. The maximum atomic E-state index is 14.2. The van der Waals surface area contributed by atoms with E-state index in [0.29, 0.717) is 22.9 Å². The highest BCUT2D eigenvalue weighted by Crippen LogP contribution is 2.31. The Bertz CT molecular complexity index is 1430. The van der Waals surface area contributed by atoms with Crippen LogP contribution in [0.25, 0.3) is 0 Å². The van der Waals surface area contributed by atoms with Crippen LogP contribution in [0.2, 0.25) is 5.02 Å². The third-order valence-corrected chi connectivity index (χ3v) is 8.18. The molecule has 0 aliphatic carbocycles. The summed E-state index contributed by atoms with van der Waals surface area (Å²) in [5.41, 5.74) is 2.54. The zero-order valence-electron chi connectivity index (χ0n) is 24.0. The first kappa shape index (κ1) is 32.0. The van der Waals surface area contributed by atoms with Gasteiger partial charge in [-0.1, -0.05) is 79.5 Å². The number of halogens is 1. The Hall–Kier alpha value is -3.56. The number of methoxy groups -OCH3 is 1. The number of hydrogen-bond acceptors (Lipinski definition) is 5. The van der Waals surface area contributed by atoms with Gasteiger partial charge in [0, 0.05) is 24.5 Å². The van der Waals surface area contributed by atoms with E-state index in [1.807, 2.05) is 44.2 Å². The van der Waals surface area contributed by atoms with E-state index in [4.69, 9.17) is 16.3 Å². The van der Waals surface area contributed by atoms with Crippen LogP contribution < -0.4 is 14.4 Å². The van der Waals surface area contributed by atoms with Gasteiger partial charge in [-0.15, -0.1) is 0 Å². The number of sulfonamides is 1. The first-order valence-electron chi connectivity index (χ1n) is 13.5. The molecule has 1 atom stereocenters. The van der Waals surface area contributed by atoms with E-state index in [-0.39, 0.29) is 24.6 Å². The zero-order valence-corrected chi connectivity index (χ0v) is 25.5. The molecule has 3 aromatic rings. The number of hydrogen-bond donors (Lipinski definition) is 1. The molecule has 0 radical (unpaired) electrons. The van der Waals surface area contributed by atoms with Gasteiger partial charge in [-0.3, -0.25) is 13.9 Å². The minimum absolute atomic E-state index is 0.0136. The molecule has 2 amide bonds. The number of nitrogens with one attached hydrogen (secondary N) is 1. The molecule has 0 aliphatic heterocycles. The van der Waals surface area contributed by atoms with E-state index in [2.05, 4.69) is 5.32 Å². The molecule has 3 rings (SSSR count). The number of unbranched alkanes of at least 4 members (excludes halogenated alkanes) is 1. The SMILES string of the molecule is CCCCNC(=O)C(Cc1ccccc1)N(Cc1ccccc1Cl)C(=O)CN(c1cc(C)ccc1OC)S(C)(=O)=O. The summed E-state index contributed by atoms with van der Waals surface area (Å²) in [6, 6.07) is 20.7. The van der Waals surface area contributed by atoms with E-state index in [1.54, 1.807) is 42.5 Å². The average Bonchev–Trinajstić information content (AvgIpc) is 2.94. The maximum absolute atomic E-state index is 14.2. The van der Waals surface area contributed by atoms with Crippen LogP contribution >= 0.6 is 11.6 Å². The minimum Gasteiger partial charge on any atom is -0.495 e. The number of aryl methyl sites for hydroxylation is 1. The summed E-state index contributed by atoms with van der Waals surface area (Å²) in [4.78, 5) is 29.3. The Balaban J connectivity index is 2.09. The van der Waals surface area contributed by atoms with Crippen molar-refractivity contribution in [2.75, 3.05) is 30.8 Å². The molecule has 1 unspecified atom stereocenters. The molecule has 0 saturated heterocycles. The molecule has 0 aliphatic rings. The van der Waals surface area contributed by atoms with E-state index in [1.165, 1.54) is 12.0 Å². The van der Waals surface area contributed by atoms with Gasteiger partial charge in [-0.05, 0) is 48.2 Å². The fourth-order valence-corrected chi connectivity index (χ4v) is 5.50. The quantitative estimate of drug-likeness (QED) is 0.264. The van der Waals surface area contributed by atoms with Gasteiger partial charge in [0.05, 0.1) is 19.1 Å². The topological polar surface area (TPSA) is 96.0 Å². The molecule has 0 heterocycles. The largest absolute Gasteiger partial charge is 0.495 e. The van der Waals surface area contributed by atoms with Crippen molar-refractivity contribution in [3.8, 4) is 5.75 Å². The third-order valence-electron chi connectivity index (χ3n) is 6.68. The van der Waals surface area contributed by atoms with Gasteiger partial charge in [0.2, 0.25) is 21.8 Å². The summed E-state index contributed by atoms with van der Waals surface area (Å²) in [6.45, 7) is 3.80. The molecule has 10 heteroatoms. The summed E-state index contributed by atoms with van der Waals surface area (Å²) < 4.78 is 32.6. The number of carbonyl (C=O) groups is 2. The predicted octanol–water partition coefficient (Wildman–Crippen LogP) is 4.98. The summed E-state index contributed by atoms with van der Waals surface area (Å²) in [5.74, 6) is -0.558. The monoisotopic (exact) mass is 599 g/mol. The number of amides is 2. The number of anilines is 1. The van der Waals surface area contributed by atoms with Gasteiger partial charge in [-0.2, -0.15) is 0 Å². The van der Waals surface area contributed by atoms with Crippen LogP contribution in [-0.2, 0) is 32.6 Å². The Kier molecular flexibility index (Phi) is 11.6. The van der Waals surface area contributed by atoms with Crippen LogP contribution in [0.15, 0.2) is 72.8 Å². The van der Waals surface area contributed by atoms with Crippen molar-refractivity contribution in [3.05, 3.63) is 94.5 Å². The molecule has 0 bridgehead atoms. The number of rotatable bonds is 14. The highest BCUT2D eigenvalue weighted by Gasteiger charge is 2.34. The third kappa shape index (κ3) is 8.96. The van der Waals surface area contributed by atoms with E-state index in [9.17, 15) is 18.0 Å². The zero-order chi connectivity index (χ0) is 30.0. The van der Waals surface area contributed by atoms with Crippen molar-refractivity contribution < 1.29 is 22.7 Å². The molecular formula is C31H38ClN3O5S. The maximum Gasteiger partial charge on any atom is 0.244 e. The van der Waals surface area contributed by atoms with Crippen molar-refractivity contribution in [1.82, 2.24) is 10.2 Å². The van der Waals surface area contributed by atoms with Crippen LogP contribution in [0, 0.1) is 6.92 Å². The van der Waals surface area contributed by atoms with E-state index in [0.717, 1.165) is 34.5 Å². The molecule has 41 heavy (non-hydrogen) atoms. The van der Waals surface area contributed by atoms with Crippen LogP contribution in [0.4, 0.5) is 5.69 Å². The normalized spacial score (nSPS) is 11.9. The molecule has 0 saturated carbocycles. The molecule has 0 fully saturated rings. The summed E-state index contributed by atoms with van der Waals surface area (Å²) >= 11 is 6.49. The van der Waals surface area contributed by atoms with Gasteiger partial charge in [-0.25, -0.2) is 8.42 Å². The standard InChI is InChI=1S/C31H38ClN3O5S/c1-5-6-18-33-31(37)28(20-24-12-8-7-9-13-24)34(21-25-14-10-11-15-26(25)32)30(36)22-35(41(4,38)39)27-19-23(2)16-17-29(27)40-3/h7-17,19,28H,5-6,18,20-22H2,1-4H3,(H,33,37). The Morgan fingerprint density at radius 3 is 2.34 bits per heavy atom. The van der Waals surface area contributed by atoms with Crippen molar-refractivity contribution in [1.29, 1.82) is 0 Å². The van der Waals surface area contributed by atoms with Crippen LogP contribution in [0.3, 0.4) is 0 Å². The molecule has 8 nitrogen and oxygen atoms in total. The van der Waals surface area contributed by atoms with Crippen LogP contribution in [-0.4, -0.2) is 57.6 Å². The fourth-order valence-electron chi connectivity index (χ4n) is 4.46. The van der Waals surface area contributed by atoms with Gasteiger partial charge < -0.3 is 15.0 Å². The Morgan fingerprint density at radius 1 is 1.02 bits per heavy atom. The average molecular weight is 600 g/mol. The van der Waals surface area contributed by atoms with Crippen LogP contribution in [0.5, 0.6) is 5.75 Å². The lowest BCUT2D eigenvalue weighted by Gasteiger charge is -2.34. The highest BCUT2D eigenvalue weighted by atomic mass is 35.5. The van der Waals surface area contributed by atoms with Crippen molar-refractivity contribution in [2.24, 2.45) is 0 Å². The minimum atomic E-state index is -3.92. The lowest BCUT2D eigenvalue weighted by Crippen LogP contribution is -2.53. The number of benzene rings is 3. The number of nitrogens with zero attached hydrogens (tertiary/aromatic N) is 2. The fraction of sp³-hybridized carbons (Fsp3) is 0.355. The summed E-state index contributed by atoms with van der Waals surface area (Å²) in [6.07, 6.45) is 2.96. The van der Waals surface area contributed by atoms with E-state index >= 15 is 0 Å². The Morgan fingerprint density at radius 2 is 1.71 bits per heavy atom. The molecule has 3 aromatic carbocycles. The summed E-state index contributed by atoms with van der Waals surface area (Å²) in [5, 5.41) is 3.40. The van der Waals surface area contributed by atoms with E-state index < -0.39 is 28.5 Å². The molecule has 0 aromatic heterocycles. The second kappa shape index (κ2) is 14.9. The van der Waals surface area contributed by atoms with Crippen molar-refractivity contribution in [3.63, 3.8) is 0 Å². The van der Waals surface area contributed by atoms with Crippen LogP contribution in [0.1, 0.15) is 36.5 Å². The van der Waals surface area contributed by atoms with Gasteiger partial charge in [0.15, 0.2) is 0 Å². The van der Waals surface area contributed by atoms with Crippen molar-refractivity contribution >= 4 is 39.1 Å². The molecule has 220 valence electrons. The predicted molar refractivity (Wildman–Crippen MR) is 164 cm³/mol. The molecular weight excluding hydrogens is 562 g/mol. The number of ether oxygens (including phenoxy) is 1. The Labute approximate surface area is 248 Å². The molecule has 0 spiro atoms. The van der Waals surface area contributed by atoms with Gasteiger partial charge >= 0.3 is 0 Å². The second-order valence-corrected chi connectivity index (χ2v) is 12.2. The summed E-state index contributed by atoms with van der Waals surface area (Å²) in [7, 11) is -2.48. The highest BCUT2D eigenvalue weighted by molar-refractivity contribution is 7.92. The van der Waals surface area contributed by atoms with Gasteiger partial charge in [0.25, 0.3) is 0 Å². The smallest absolute Gasteiger partial charge is 0.244 e. The second-order valence-electron chi connectivity index (χ2n) is 9.91. The lowest BCUT2D eigenvalue weighted by molar-refractivity contribution is -0.140. The van der Waals surface area contributed by atoms with Crippen molar-refractivity contribution in [2.45, 2.75) is 45.7 Å². The molecule has 1 N–H and O–H groups in total. The van der Waals surface area contributed by atoms with Gasteiger partial charge in [0.1, 0.15) is 18.3 Å².